The summed E-state index contributed by atoms with van der Waals surface area (Å²) in [7, 11) is 0. The van der Waals surface area contributed by atoms with Gasteiger partial charge in [-0.05, 0) is 55.2 Å². The van der Waals surface area contributed by atoms with Gasteiger partial charge >= 0.3 is 5.97 Å². The van der Waals surface area contributed by atoms with E-state index in [-0.39, 0.29) is 11.8 Å². The van der Waals surface area contributed by atoms with Crippen molar-refractivity contribution in [3.63, 3.8) is 0 Å². The van der Waals surface area contributed by atoms with Gasteiger partial charge in [0.15, 0.2) is 0 Å². The number of aliphatic carboxylic acids is 1. The highest BCUT2D eigenvalue weighted by Crippen LogP contribution is 2.23. The van der Waals surface area contributed by atoms with E-state index in [1.54, 1.807) is 0 Å². The van der Waals surface area contributed by atoms with Gasteiger partial charge in [-0.15, -0.1) is 0 Å². The Morgan fingerprint density at radius 1 is 1.24 bits per heavy atom. The van der Waals surface area contributed by atoms with Crippen LogP contribution in [0.1, 0.15) is 45.1 Å². The van der Waals surface area contributed by atoms with Crippen LogP contribution in [0.2, 0.25) is 0 Å². The summed E-state index contributed by atoms with van der Waals surface area (Å²) in [5.41, 5.74) is 8.14. The lowest BCUT2D eigenvalue weighted by atomic mass is 9.96. The Bertz CT molecular complexity index is 1140. The van der Waals surface area contributed by atoms with Crippen molar-refractivity contribution in [2.45, 2.75) is 70.1 Å². The summed E-state index contributed by atoms with van der Waals surface area (Å²) in [4.78, 5) is 56.1. The molecule has 3 rings (SSSR count). The van der Waals surface area contributed by atoms with E-state index in [9.17, 15) is 24.3 Å². The van der Waals surface area contributed by atoms with Crippen molar-refractivity contribution in [2.75, 3.05) is 18.6 Å². The molecule has 0 spiro atoms. The van der Waals surface area contributed by atoms with Crippen molar-refractivity contribution in [3.05, 3.63) is 36.0 Å². The number of nitrogens with zero attached hydrogens (tertiary/aromatic N) is 1. The lowest BCUT2D eigenvalue weighted by Gasteiger charge is -2.32. The van der Waals surface area contributed by atoms with E-state index < -0.39 is 42.0 Å². The molecule has 1 aliphatic rings. The number of hydrogen-bond donors (Lipinski definition) is 5. The molecule has 1 aromatic heterocycles. The van der Waals surface area contributed by atoms with Crippen LogP contribution < -0.4 is 16.4 Å². The van der Waals surface area contributed by atoms with Crippen molar-refractivity contribution in [3.8, 4) is 0 Å². The van der Waals surface area contributed by atoms with Gasteiger partial charge in [0.05, 0.1) is 6.04 Å². The number of carboxylic acids is 1. The van der Waals surface area contributed by atoms with Crippen LogP contribution in [-0.4, -0.2) is 81.4 Å². The molecule has 10 nitrogen and oxygen atoms in total. The molecule has 0 aliphatic carbocycles. The van der Waals surface area contributed by atoms with E-state index in [1.807, 2.05) is 50.6 Å². The molecule has 11 heteroatoms. The number of amides is 3. The normalized spacial score (nSPS) is 18.5. The number of hydrogen-bond acceptors (Lipinski definition) is 6. The van der Waals surface area contributed by atoms with Crippen LogP contribution in [-0.2, 0) is 25.6 Å². The number of likely N-dealkylation sites (tertiary alicyclic amines) is 1. The minimum Gasteiger partial charge on any atom is -0.480 e. The van der Waals surface area contributed by atoms with Crippen LogP contribution in [0, 0.1) is 5.92 Å². The number of carbonyl (C=O) groups is 4. The molecular weight excluding hydrogens is 506 g/mol. The molecule has 1 fully saturated rings. The summed E-state index contributed by atoms with van der Waals surface area (Å²) in [6, 6.07) is 4.27. The van der Waals surface area contributed by atoms with Crippen molar-refractivity contribution < 1.29 is 24.3 Å². The standard InChI is InChI=1S/C27H39N5O5S/c1-4-16(2)23(31-24(33)19(28)14-17-15-29-20-9-6-5-8-18(17)20)26(35)32-12-7-10-22(32)25(34)30-21(27(36)37)11-13-38-3/h5-6,8-9,15-16,19,21-23,29H,4,7,10-14,28H2,1-3H3,(H,30,34)(H,31,33)(H,36,37). The number of aromatic amines is 1. The summed E-state index contributed by atoms with van der Waals surface area (Å²) >= 11 is 1.50. The van der Waals surface area contributed by atoms with E-state index >= 15 is 0 Å². The van der Waals surface area contributed by atoms with Crippen LogP contribution in [0.25, 0.3) is 10.9 Å². The molecular formula is C27H39N5O5S. The molecule has 208 valence electrons. The third-order valence-corrected chi connectivity index (χ3v) is 7.94. The zero-order valence-electron chi connectivity index (χ0n) is 22.2. The number of carbonyl (C=O) groups excluding carboxylic acids is 3. The van der Waals surface area contributed by atoms with Crippen molar-refractivity contribution >= 4 is 46.4 Å². The Morgan fingerprint density at radius 3 is 2.66 bits per heavy atom. The molecule has 1 saturated heterocycles. The predicted molar refractivity (Wildman–Crippen MR) is 149 cm³/mol. The number of nitrogens with two attached hydrogens (primary N) is 1. The molecule has 0 bridgehead atoms. The smallest absolute Gasteiger partial charge is 0.326 e. The highest BCUT2D eigenvalue weighted by atomic mass is 32.2. The number of thioether (sulfide) groups is 1. The zero-order valence-corrected chi connectivity index (χ0v) is 23.1. The largest absolute Gasteiger partial charge is 0.480 e. The summed E-state index contributed by atoms with van der Waals surface area (Å²) in [5, 5.41) is 15.9. The molecule has 6 N–H and O–H groups in total. The van der Waals surface area contributed by atoms with Gasteiger partial charge in [0, 0.05) is 23.6 Å². The van der Waals surface area contributed by atoms with E-state index in [0.717, 1.165) is 16.5 Å². The Hall–Kier alpha value is -3.05. The van der Waals surface area contributed by atoms with E-state index in [2.05, 4.69) is 15.6 Å². The average Bonchev–Trinajstić information content (AvgIpc) is 3.56. The Morgan fingerprint density at radius 2 is 1.97 bits per heavy atom. The highest BCUT2D eigenvalue weighted by molar-refractivity contribution is 7.98. The quantitative estimate of drug-likeness (QED) is 0.257. The van der Waals surface area contributed by atoms with Gasteiger partial charge in [0.25, 0.3) is 0 Å². The molecule has 2 heterocycles. The summed E-state index contributed by atoms with van der Waals surface area (Å²) in [6.45, 7) is 4.17. The number of rotatable bonds is 13. The monoisotopic (exact) mass is 545 g/mol. The Labute approximate surface area is 227 Å². The topological polar surface area (TPSA) is 158 Å². The second-order valence-electron chi connectivity index (χ2n) is 9.91. The Balaban J connectivity index is 1.69. The lowest BCUT2D eigenvalue weighted by Crippen LogP contribution is -2.58. The van der Waals surface area contributed by atoms with E-state index in [1.165, 1.54) is 16.7 Å². The average molecular weight is 546 g/mol. The van der Waals surface area contributed by atoms with Gasteiger partial charge in [0.2, 0.25) is 17.7 Å². The number of nitrogens with one attached hydrogen (secondary N) is 3. The Kier molecular flexibility index (Phi) is 10.6. The molecule has 3 amide bonds. The summed E-state index contributed by atoms with van der Waals surface area (Å²) in [5.74, 6) is -1.96. The summed E-state index contributed by atoms with van der Waals surface area (Å²) < 4.78 is 0. The SMILES string of the molecule is CCC(C)C(NC(=O)C(N)Cc1c[nH]c2ccccc12)C(=O)N1CCCC1C(=O)NC(CCSC)C(=O)O. The number of carboxylic acid groups (broad SMARTS) is 1. The van der Waals surface area contributed by atoms with Gasteiger partial charge in [-0.2, -0.15) is 11.8 Å². The minimum atomic E-state index is -1.10. The predicted octanol–water partition coefficient (Wildman–Crippen LogP) is 1.88. The van der Waals surface area contributed by atoms with E-state index in [0.29, 0.717) is 44.4 Å². The minimum absolute atomic E-state index is 0.190. The fraction of sp³-hybridized carbons (Fsp3) is 0.556. The van der Waals surface area contributed by atoms with E-state index in [4.69, 9.17) is 5.73 Å². The molecule has 1 aliphatic heterocycles. The van der Waals surface area contributed by atoms with Crippen LogP contribution in [0.4, 0.5) is 0 Å². The maximum atomic E-state index is 13.7. The van der Waals surface area contributed by atoms with Gasteiger partial charge in [-0.3, -0.25) is 14.4 Å². The highest BCUT2D eigenvalue weighted by Gasteiger charge is 2.40. The first-order chi connectivity index (χ1) is 18.2. The molecule has 2 aromatic rings. The fourth-order valence-corrected chi connectivity index (χ4v) is 5.29. The van der Waals surface area contributed by atoms with Gasteiger partial charge in [-0.1, -0.05) is 38.5 Å². The molecule has 0 radical (unpaired) electrons. The first-order valence-electron chi connectivity index (χ1n) is 13.1. The maximum Gasteiger partial charge on any atom is 0.326 e. The maximum absolute atomic E-state index is 13.7. The molecule has 1 aromatic carbocycles. The van der Waals surface area contributed by atoms with Crippen LogP contribution in [0.15, 0.2) is 30.5 Å². The zero-order chi connectivity index (χ0) is 27.8. The van der Waals surface area contributed by atoms with Gasteiger partial charge in [-0.25, -0.2) is 4.79 Å². The van der Waals surface area contributed by atoms with Crippen molar-refractivity contribution in [1.29, 1.82) is 0 Å². The van der Waals surface area contributed by atoms with Gasteiger partial charge in [0.1, 0.15) is 18.1 Å². The van der Waals surface area contributed by atoms with Crippen LogP contribution >= 0.6 is 11.8 Å². The van der Waals surface area contributed by atoms with Crippen LogP contribution in [0.5, 0.6) is 0 Å². The molecule has 5 unspecified atom stereocenters. The number of benzene rings is 1. The number of fused-ring (bicyclic) bond motifs is 1. The lowest BCUT2D eigenvalue weighted by molar-refractivity contribution is -0.145. The number of aromatic nitrogens is 1. The second-order valence-corrected chi connectivity index (χ2v) is 10.9. The van der Waals surface area contributed by atoms with Crippen LogP contribution in [0.3, 0.4) is 0 Å². The molecule has 0 saturated carbocycles. The summed E-state index contributed by atoms with van der Waals surface area (Å²) in [6.07, 6.45) is 6.00. The number of para-hydroxylation sites is 1. The number of H-pyrrole nitrogens is 1. The third-order valence-electron chi connectivity index (χ3n) is 7.29. The van der Waals surface area contributed by atoms with Crippen molar-refractivity contribution in [2.24, 2.45) is 11.7 Å². The van der Waals surface area contributed by atoms with Gasteiger partial charge < -0.3 is 31.4 Å². The first-order valence-corrected chi connectivity index (χ1v) is 14.5. The fourth-order valence-electron chi connectivity index (χ4n) is 4.82. The first kappa shape index (κ1) is 29.5. The third kappa shape index (κ3) is 7.08. The second kappa shape index (κ2) is 13.7. The molecule has 38 heavy (non-hydrogen) atoms. The molecule has 5 atom stereocenters. The van der Waals surface area contributed by atoms with Crippen molar-refractivity contribution in [1.82, 2.24) is 20.5 Å².